The van der Waals surface area contributed by atoms with Gasteiger partial charge in [0.1, 0.15) is 5.82 Å². The average molecular weight is 277 g/mol. The maximum absolute atomic E-state index is 13.7. The first-order valence-corrected chi connectivity index (χ1v) is 8.14. The molecule has 1 aromatic carbocycles. The summed E-state index contributed by atoms with van der Waals surface area (Å²) >= 11 is 0. The summed E-state index contributed by atoms with van der Waals surface area (Å²) < 4.78 is 13.7. The van der Waals surface area contributed by atoms with Gasteiger partial charge in [0.05, 0.1) is 0 Å². The topological polar surface area (TPSA) is 12.0 Å². The van der Waals surface area contributed by atoms with Gasteiger partial charge in [-0.3, -0.25) is 0 Å². The van der Waals surface area contributed by atoms with Crippen molar-refractivity contribution in [2.24, 2.45) is 11.8 Å². The van der Waals surface area contributed by atoms with Gasteiger partial charge in [-0.15, -0.1) is 0 Å². The lowest BCUT2D eigenvalue weighted by molar-refractivity contribution is 0.353. The molecule has 0 saturated heterocycles. The van der Waals surface area contributed by atoms with Crippen molar-refractivity contribution in [3.63, 3.8) is 0 Å². The van der Waals surface area contributed by atoms with E-state index in [0.29, 0.717) is 12.0 Å². The maximum Gasteiger partial charge on any atom is 0.123 e. The van der Waals surface area contributed by atoms with E-state index in [1.807, 2.05) is 6.92 Å². The van der Waals surface area contributed by atoms with Gasteiger partial charge in [-0.2, -0.15) is 0 Å². The van der Waals surface area contributed by atoms with Crippen molar-refractivity contribution in [3.8, 4) is 0 Å². The van der Waals surface area contributed by atoms with Gasteiger partial charge < -0.3 is 5.32 Å². The molecule has 1 saturated carbocycles. The Morgan fingerprint density at radius 3 is 2.65 bits per heavy atom. The molecule has 0 amide bonds. The average Bonchev–Trinajstić information content (AvgIpc) is 2.87. The van der Waals surface area contributed by atoms with Gasteiger partial charge in [0.15, 0.2) is 0 Å². The Kier molecular flexibility index (Phi) is 5.59. The van der Waals surface area contributed by atoms with Crippen LogP contribution in [0, 0.1) is 24.6 Å². The normalized spacial score (nSPS) is 24.0. The highest BCUT2D eigenvalue weighted by molar-refractivity contribution is 5.27. The lowest BCUT2D eigenvalue weighted by atomic mass is 9.89. The van der Waals surface area contributed by atoms with Gasteiger partial charge in [-0.1, -0.05) is 32.8 Å². The van der Waals surface area contributed by atoms with Crippen LogP contribution in [0.3, 0.4) is 0 Å². The van der Waals surface area contributed by atoms with Crippen LogP contribution in [-0.2, 0) is 0 Å². The second-order valence-electron chi connectivity index (χ2n) is 6.34. The second kappa shape index (κ2) is 7.21. The molecule has 1 aliphatic rings. The van der Waals surface area contributed by atoms with Crippen LogP contribution < -0.4 is 5.32 Å². The third kappa shape index (κ3) is 3.82. The van der Waals surface area contributed by atoms with Gasteiger partial charge in [-0.05, 0) is 67.8 Å². The summed E-state index contributed by atoms with van der Waals surface area (Å²) in [6.07, 6.45) is 6.29. The number of aryl methyl sites for hydroxylation is 1. The predicted molar refractivity (Wildman–Crippen MR) is 83.3 cm³/mol. The molecule has 0 spiro atoms. The maximum atomic E-state index is 13.7. The van der Waals surface area contributed by atoms with Crippen molar-refractivity contribution in [1.82, 2.24) is 5.32 Å². The van der Waals surface area contributed by atoms with Crippen molar-refractivity contribution in [3.05, 3.63) is 35.1 Å². The Balaban J connectivity index is 2.18. The summed E-state index contributed by atoms with van der Waals surface area (Å²) in [7, 11) is 0. The molecule has 0 aliphatic heterocycles. The molecule has 2 heteroatoms. The Bertz CT molecular complexity index is 409. The number of hydrogen-bond acceptors (Lipinski definition) is 1. The molecule has 0 radical (unpaired) electrons. The Morgan fingerprint density at radius 1 is 1.25 bits per heavy atom. The van der Waals surface area contributed by atoms with Crippen LogP contribution in [0.25, 0.3) is 0 Å². The second-order valence-corrected chi connectivity index (χ2v) is 6.34. The molecule has 1 N–H and O–H groups in total. The molecule has 20 heavy (non-hydrogen) atoms. The number of rotatable bonds is 6. The van der Waals surface area contributed by atoms with E-state index in [2.05, 4.69) is 25.2 Å². The number of benzene rings is 1. The lowest BCUT2D eigenvalue weighted by Gasteiger charge is -2.26. The molecule has 0 aromatic heterocycles. The largest absolute Gasteiger partial charge is 0.310 e. The van der Waals surface area contributed by atoms with Crippen LogP contribution >= 0.6 is 0 Å². The van der Waals surface area contributed by atoms with E-state index in [4.69, 9.17) is 0 Å². The Hall–Kier alpha value is -0.890. The molecule has 3 atom stereocenters. The minimum atomic E-state index is -0.103. The van der Waals surface area contributed by atoms with Crippen molar-refractivity contribution in [2.75, 3.05) is 6.54 Å². The third-order valence-electron chi connectivity index (χ3n) is 4.67. The molecule has 1 aliphatic carbocycles. The zero-order chi connectivity index (χ0) is 14.5. The van der Waals surface area contributed by atoms with E-state index < -0.39 is 0 Å². The quantitative estimate of drug-likeness (QED) is 0.771. The number of halogens is 1. The first kappa shape index (κ1) is 15.5. The summed E-state index contributed by atoms with van der Waals surface area (Å²) in [6.45, 7) is 7.46. The fourth-order valence-corrected chi connectivity index (χ4v) is 3.59. The van der Waals surface area contributed by atoms with Gasteiger partial charge in [0.2, 0.25) is 0 Å². The Labute approximate surface area is 123 Å². The molecular weight excluding hydrogens is 249 g/mol. The van der Waals surface area contributed by atoms with Gasteiger partial charge in [0, 0.05) is 6.04 Å². The molecule has 1 aromatic rings. The smallest absolute Gasteiger partial charge is 0.123 e. The van der Waals surface area contributed by atoms with Crippen molar-refractivity contribution in [2.45, 2.75) is 58.9 Å². The molecule has 1 nitrogen and oxygen atoms in total. The minimum absolute atomic E-state index is 0.103. The van der Waals surface area contributed by atoms with Crippen LogP contribution in [0.5, 0.6) is 0 Å². The molecule has 1 fully saturated rings. The molecular formula is C18H28FN. The summed E-state index contributed by atoms with van der Waals surface area (Å²) in [5, 5.41) is 3.66. The molecule has 112 valence electrons. The van der Waals surface area contributed by atoms with E-state index >= 15 is 0 Å². The highest BCUT2D eigenvalue weighted by Gasteiger charge is 2.30. The standard InChI is InChI=1S/C18H28FN/c1-4-8-20-18(15-7-6-14(5-2)11-15)16-9-13(3)10-17(19)12-16/h9-10,12,14-15,18,20H,4-8,11H2,1-3H3. The minimum Gasteiger partial charge on any atom is -0.310 e. The number of hydrogen-bond donors (Lipinski definition) is 1. The van der Waals surface area contributed by atoms with Crippen LogP contribution in [0.2, 0.25) is 0 Å². The summed E-state index contributed by atoms with van der Waals surface area (Å²) in [5.74, 6) is 1.42. The van der Waals surface area contributed by atoms with Crippen molar-refractivity contribution < 1.29 is 4.39 Å². The first-order valence-electron chi connectivity index (χ1n) is 8.14. The Morgan fingerprint density at radius 2 is 2.05 bits per heavy atom. The monoisotopic (exact) mass is 277 g/mol. The van der Waals surface area contributed by atoms with E-state index in [9.17, 15) is 4.39 Å². The van der Waals surface area contributed by atoms with Crippen LogP contribution in [0.4, 0.5) is 4.39 Å². The third-order valence-corrected chi connectivity index (χ3v) is 4.67. The zero-order valence-electron chi connectivity index (χ0n) is 13.1. The van der Waals surface area contributed by atoms with Crippen LogP contribution in [0.15, 0.2) is 18.2 Å². The zero-order valence-corrected chi connectivity index (χ0v) is 13.1. The van der Waals surface area contributed by atoms with Gasteiger partial charge in [0.25, 0.3) is 0 Å². The molecule has 0 heterocycles. The van der Waals surface area contributed by atoms with E-state index in [1.54, 1.807) is 12.1 Å². The van der Waals surface area contributed by atoms with Crippen LogP contribution in [-0.4, -0.2) is 6.54 Å². The molecule has 2 rings (SSSR count). The van der Waals surface area contributed by atoms with Crippen molar-refractivity contribution >= 4 is 0 Å². The molecule has 0 bridgehead atoms. The highest BCUT2D eigenvalue weighted by atomic mass is 19.1. The van der Waals surface area contributed by atoms with Crippen LogP contribution in [0.1, 0.15) is 63.1 Å². The summed E-state index contributed by atoms with van der Waals surface area (Å²) in [4.78, 5) is 0. The fraction of sp³-hybridized carbons (Fsp3) is 0.667. The van der Waals surface area contributed by atoms with E-state index in [1.165, 1.54) is 25.7 Å². The van der Waals surface area contributed by atoms with Gasteiger partial charge in [-0.25, -0.2) is 4.39 Å². The first-order chi connectivity index (χ1) is 9.63. The lowest BCUT2D eigenvalue weighted by Crippen LogP contribution is -2.28. The fourth-order valence-electron chi connectivity index (χ4n) is 3.59. The van der Waals surface area contributed by atoms with Crippen molar-refractivity contribution in [1.29, 1.82) is 0 Å². The summed E-state index contributed by atoms with van der Waals surface area (Å²) in [6, 6.07) is 5.81. The summed E-state index contributed by atoms with van der Waals surface area (Å²) in [5.41, 5.74) is 2.16. The SMILES string of the molecule is CCCNC(c1cc(C)cc(F)c1)C1CCC(CC)C1. The molecule has 3 unspecified atom stereocenters. The van der Waals surface area contributed by atoms with E-state index in [0.717, 1.165) is 30.0 Å². The predicted octanol–water partition coefficient (Wildman–Crippen LogP) is 5.00. The number of nitrogens with one attached hydrogen (secondary N) is 1. The highest BCUT2D eigenvalue weighted by Crippen LogP contribution is 2.40. The van der Waals surface area contributed by atoms with E-state index in [-0.39, 0.29) is 5.82 Å². The van der Waals surface area contributed by atoms with Gasteiger partial charge >= 0.3 is 0 Å².